The smallest absolute Gasteiger partial charge is 0.407 e. The Balaban J connectivity index is 2.27. The summed E-state index contributed by atoms with van der Waals surface area (Å²) in [4.78, 5) is 23.1. The molecule has 11 heteroatoms. The first-order chi connectivity index (χ1) is 11.9. The summed E-state index contributed by atoms with van der Waals surface area (Å²) in [6.07, 6.45) is -0.548. The second-order valence-electron chi connectivity index (χ2n) is 6.58. The molecule has 0 aliphatic carbocycles. The highest BCUT2D eigenvalue weighted by Crippen LogP contribution is 2.18. The van der Waals surface area contributed by atoms with Crippen LogP contribution in [0.3, 0.4) is 0 Å². The van der Waals surface area contributed by atoms with Crippen molar-refractivity contribution in [2.24, 2.45) is 0 Å². The molecule has 0 saturated carbocycles. The number of nitrogens with zero attached hydrogens (tertiary/aromatic N) is 1. The van der Waals surface area contributed by atoms with Gasteiger partial charge >= 0.3 is 6.09 Å². The van der Waals surface area contributed by atoms with E-state index in [2.05, 4.69) is 20.5 Å². The Bertz CT molecular complexity index is 716. The molecular formula is C15H26N4O6S. The minimum atomic E-state index is -3.75. The fourth-order valence-electron chi connectivity index (χ4n) is 2.00. The molecule has 1 heterocycles. The first-order valence-electron chi connectivity index (χ1n) is 8.08. The predicted molar refractivity (Wildman–Crippen MR) is 93.0 cm³/mol. The Morgan fingerprint density at radius 1 is 1.12 bits per heavy atom. The number of carbonyl (C=O) groups is 2. The van der Waals surface area contributed by atoms with E-state index in [1.54, 1.807) is 20.8 Å². The van der Waals surface area contributed by atoms with E-state index in [0.29, 0.717) is 0 Å². The van der Waals surface area contributed by atoms with Crippen LogP contribution in [0, 0.1) is 13.8 Å². The Morgan fingerprint density at radius 2 is 1.77 bits per heavy atom. The van der Waals surface area contributed by atoms with Crippen LogP contribution in [-0.2, 0) is 19.6 Å². The van der Waals surface area contributed by atoms with Crippen LogP contribution in [0.1, 0.15) is 38.6 Å². The number of ether oxygens (including phenoxy) is 1. The summed E-state index contributed by atoms with van der Waals surface area (Å²) in [6, 6.07) is 0. The molecular weight excluding hydrogens is 364 g/mol. The quantitative estimate of drug-likeness (QED) is 0.552. The van der Waals surface area contributed by atoms with E-state index in [0.717, 1.165) is 0 Å². The van der Waals surface area contributed by atoms with Gasteiger partial charge in [-0.25, -0.2) is 17.9 Å². The standard InChI is InChI=1S/C15H26N4O6S/c1-10-13(11(2)25-19-10)26(22,23)18-9-8-16-12(20)6-7-17-14(21)24-15(3,4)5/h18H,6-9H2,1-5H3,(H,16,20)(H,17,21). The van der Waals surface area contributed by atoms with E-state index >= 15 is 0 Å². The highest BCUT2D eigenvalue weighted by Gasteiger charge is 2.23. The van der Waals surface area contributed by atoms with Crippen LogP contribution in [0.5, 0.6) is 0 Å². The summed E-state index contributed by atoms with van der Waals surface area (Å²) in [5.41, 5.74) is -0.336. The van der Waals surface area contributed by atoms with Crippen molar-refractivity contribution in [2.75, 3.05) is 19.6 Å². The maximum Gasteiger partial charge on any atom is 0.407 e. The Kier molecular flexibility index (Phi) is 7.57. The van der Waals surface area contributed by atoms with Gasteiger partial charge < -0.3 is 19.9 Å². The van der Waals surface area contributed by atoms with Crippen LogP contribution in [0.2, 0.25) is 0 Å². The zero-order valence-corrected chi connectivity index (χ0v) is 16.4. The van der Waals surface area contributed by atoms with Gasteiger partial charge in [0.1, 0.15) is 16.2 Å². The third-order valence-corrected chi connectivity index (χ3v) is 4.70. The molecule has 1 rings (SSSR count). The van der Waals surface area contributed by atoms with Crippen LogP contribution in [0.15, 0.2) is 9.42 Å². The highest BCUT2D eigenvalue weighted by atomic mass is 32.2. The topological polar surface area (TPSA) is 140 Å². The van der Waals surface area contributed by atoms with E-state index in [-0.39, 0.29) is 48.3 Å². The number of rotatable bonds is 8. The van der Waals surface area contributed by atoms with Gasteiger partial charge in [-0.15, -0.1) is 0 Å². The summed E-state index contributed by atoms with van der Waals surface area (Å²) in [6.45, 7) is 8.49. The van der Waals surface area contributed by atoms with Crippen molar-refractivity contribution in [3.63, 3.8) is 0 Å². The summed E-state index contributed by atoms with van der Waals surface area (Å²) in [5.74, 6) is -0.121. The summed E-state index contributed by atoms with van der Waals surface area (Å²) in [7, 11) is -3.75. The van der Waals surface area contributed by atoms with Crippen molar-refractivity contribution < 1.29 is 27.3 Å². The van der Waals surface area contributed by atoms with Gasteiger partial charge in [0.2, 0.25) is 15.9 Å². The molecule has 10 nitrogen and oxygen atoms in total. The number of nitrogens with one attached hydrogen (secondary N) is 3. The molecule has 0 aliphatic rings. The molecule has 3 N–H and O–H groups in total. The third-order valence-electron chi connectivity index (χ3n) is 3.00. The summed E-state index contributed by atoms with van der Waals surface area (Å²) in [5, 5.41) is 8.62. The molecule has 0 fully saturated rings. The van der Waals surface area contributed by atoms with Crippen LogP contribution < -0.4 is 15.4 Å². The van der Waals surface area contributed by atoms with Gasteiger partial charge in [0.15, 0.2) is 5.76 Å². The van der Waals surface area contributed by atoms with Crippen molar-refractivity contribution in [3.8, 4) is 0 Å². The lowest BCUT2D eigenvalue weighted by atomic mass is 10.2. The third kappa shape index (κ3) is 7.40. The largest absolute Gasteiger partial charge is 0.444 e. The lowest BCUT2D eigenvalue weighted by Gasteiger charge is -2.19. The molecule has 2 amide bonds. The second-order valence-corrected chi connectivity index (χ2v) is 8.28. The van der Waals surface area contributed by atoms with Crippen LogP contribution in [-0.4, -0.2) is 50.8 Å². The number of sulfonamides is 1. The number of hydrogen-bond donors (Lipinski definition) is 3. The second kappa shape index (κ2) is 8.99. The molecule has 0 atom stereocenters. The summed E-state index contributed by atoms with van der Waals surface area (Å²) < 4.78 is 36.6. The molecule has 0 spiro atoms. The fourth-order valence-corrected chi connectivity index (χ4v) is 3.36. The van der Waals surface area contributed by atoms with Gasteiger partial charge in [-0.2, -0.15) is 0 Å². The van der Waals surface area contributed by atoms with E-state index in [1.807, 2.05) is 0 Å². The number of amides is 2. The molecule has 1 aromatic rings. The number of alkyl carbamates (subject to hydrolysis) is 1. The highest BCUT2D eigenvalue weighted by molar-refractivity contribution is 7.89. The van der Waals surface area contributed by atoms with Crippen LogP contribution in [0.4, 0.5) is 4.79 Å². The number of hydrogen-bond acceptors (Lipinski definition) is 7. The van der Waals surface area contributed by atoms with Crippen molar-refractivity contribution in [1.29, 1.82) is 0 Å². The molecule has 0 radical (unpaired) electrons. The molecule has 0 bridgehead atoms. The number of aryl methyl sites for hydroxylation is 2. The summed E-state index contributed by atoms with van der Waals surface area (Å²) >= 11 is 0. The van der Waals surface area contributed by atoms with Gasteiger partial charge in [0, 0.05) is 26.1 Å². The molecule has 0 aromatic carbocycles. The maximum absolute atomic E-state index is 12.2. The van der Waals surface area contributed by atoms with Crippen molar-refractivity contribution in [3.05, 3.63) is 11.5 Å². The molecule has 0 saturated heterocycles. The van der Waals surface area contributed by atoms with Gasteiger partial charge in [-0.3, -0.25) is 4.79 Å². The first kappa shape index (κ1) is 21.9. The minimum Gasteiger partial charge on any atom is -0.444 e. The molecule has 0 unspecified atom stereocenters. The van der Waals surface area contributed by atoms with Crippen LogP contribution in [0.25, 0.3) is 0 Å². The van der Waals surface area contributed by atoms with E-state index < -0.39 is 21.7 Å². The normalized spacial score (nSPS) is 11.9. The monoisotopic (exact) mass is 390 g/mol. The average Bonchev–Trinajstić information content (AvgIpc) is 2.81. The van der Waals surface area contributed by atoms with Gasteiger partial charge in [0.05, 0.1) is 0 Å². The molecule has 148 valence electrons. The fraction of sp³-hybridized carbons (Fsp3) is 0.667. The number of carbonyl (C=O) groups excluding carboxylic acids is 2. The predicted octanol–water partition coefficient (Wildman–Crippen LogP) is 0.601. The first-order valence-corrected chi connectivity index (χ1v) is 9.57. The van der Waals surface area contributed by atoms with E-state index in [9.17, 15) is 18.0 Å². The lowest BCUT2D eigenvalue weighted by Crippen LogP contribution is -2.37. The molecule has 1 aromatic heterocycles. The Hall–Kier alpha value is -2.14. The van der Waals surface area contributed by atoms with Crippen molar-refractivity contribution in [2.45, 2.75) is 51.5 Å². The van der Waals surface area contributed by atoms with Gasteiger partial charge in [-0.05, 0) is 34.6 Å². The van der Waals surface area contributed by atoms with Gasteiger partial charge in [-0.1, -0.05) is 5.16 Å². The average molecular weight is 390 g/mol. The number of aromatic nitrogens is 1. The zero-order valence-electron chi connectivity index (χ0n) is 15.6. The van der Waals surface area contributed by atoms with Gasteiger partial charge in [0.25, 0.3) is 0 Å². The minimum absolute atomic E-state index is 0.00499. The van der Waals surface area contributed by atoms with E-state index in [4.69, 9.17) is 9.26 Å². The van der Waals surface area contributed by atoms with E-state index in [1.165, 1.54) is 13.8 Å². The lowest BCUT2D eigenvalue weighted by molar-refractivity contribution is -0.120. The SMILES string of the molecule is Cc1noc(C)c1S(=O)(=O)NCCNC(=O)CCNC(=O)OC(C)(C)C. The van der Waals surface area contributed by atoms with Crippen molar-refractivity contribution in [1.82, 2.24) is 20.5 Å². The molecule has 0 aliphatic heterocycles. The Morgan fingerprint density at radius 3 is 2.31 bits per heavy atom. The zero-order chi connectivity index (χ0) is 20.0. The van der Waals surface area contributed by atoms with Crippen molar-refractivity contribution >= 4 is 22.0 Å². The molecule has 26 heavy (non-hydrogen) atoms. The maximum atomic E-state index is 12.2. The Labute approximate surface area is 153 Å². The van der Waals surface area contributed by atoms with Crippen LogP contribution >= 0.6 is 0 Å².